The van der Waals surface area contributed by atoms with Gasteiger partial charge in [-0.2, -0.15) is 0 Å². The Bertz CT molecular complexity index is 533. The van der Waals surface area contributed by atoms with E-state index in [1.165, 1.54) is 37.7 Å². The van der Waals surface area contributed by atoms with Crippen molar-refractivity contribution in [1.29, 1.82) is 0 Å². The molecular formula is C21H33NO. The molecule has 0 spiro atoms. The first-order valence-electron chi connectivity index (χ1n) is 9.21. The lowest BCUT2D eigenvalue weighted by Crippen LogP contribution is -2.32. The third-order valence-electron chi connectivity index (χ3n) is 5.04. The van der Waals surface area contributed by atoms with E-state index in [2.05, 4.69) is 52.1 Å². The molecule has 2 nitrogen and oxygen atoms in total. The van der Waals surface area contributed by atoms with Crippen molar-refractivity contribution in [3.63, 3.8) is 0 Å². The molecule has 2 rings (SSSR count). The van der Waals surface area contributed by atoms with Gasteiger partial charge in [-0.1, -0.05) is 66.0 Å². The van der Waals surface area contributed by atoms with Crippen molar-refractivity contribution in [2.75, 3.05) is 6.54 Å². The average molecular weight is 316 g/mol. The Morgan fingerprint density at radius 1 is 1.17 bits per heavy atom. The van der Waals surface area contributed by atoms with Gasteiger partial charge in [-0.25, -0.2) is 0 Å². The molecule has 1 aromatic carbocycles. The largest absolute Gasteiger partial charge is 0.352 e. The fourth-order valence-electron chi connectivity index (χ4n) is 3.46. The van der Waals surface area contributed by atoms with Gasteiger partial charge in [-0.05, 0) is 47.3 Å². The van der Waals surface area contributed by atoms with Gasteiger partial charge in [0.2, 0.25) is 0 Å². The Hall–Kier alpha value is -1.31. The minimum Gasteiger partial charge on any atom is -0.352 e. The molecule has 0 saturated heterocycles. The summed E-state index contributed by atoms with van der Waals surface area (Å²) in [5.41, 5.74) is 3.28. The lowest BCUT2D eigenvalue weighted by molar-refractivity contribution is 0.0941. The first kappa shape index (κ1) is 18.0. The molecule has 0 aromatic heterocycles. The molecule has 2 heteroatoms. The molecule has 1 amide bonds. The third-order valence-corrected chi connectivity index (χ3v) is 5.04. The van der Waals surface area contributed by atoms with Crippen LogP contribution in [0, 0.1) is 5.92 Å². The monoisotopic (exact) mass is 315 g/mol. The average Bonchev–Trinajstić information content (AvgIpc) is 2.52. The summed E-state index contributed by atoms with van der Waals surface area (Å²) < 4.78 is 0. The van der Waals surface area contributed by atoms with E-state index in [9.17, 15) is 4.79 Å². The van der Waals surface area contributed by atoms with Gasteiger partial charge in [0.25, 0.3) is 5.91 Å². The Labute approximate surface area is 142 Å². The summed E-state index contributed by atoms with van der Waals surface area (Å²) in [5.74, 6) is 1.24. The van der Waals surface area contributed by atoms with Crippen LogP contribution in [0.3, 0.4) is 0 Å². The number of hydrogen-bond acceptors (Lipinski definition) is 1. The Balaban J connectivity index is 2.15. The fraction of sp³-hybridized carbons (Fsp3) is 0.667. The van der Waals surface area contributed by atoms with E-state index in [1.807, 2.05) is 6.07 Å². The van der Waals surface area contributed by atoms with Crippen molar-refractivity contribution in [1.82, 2.24) is 5.32 Å². The second kappa shape index (κ2) is 7.51. The normalized spacial score (nSPS) is 16.6. The van der Waals surface area contributed by atoms with Gasteiger partial charge in [0, 0.05) is 12.1 Å². The van der Waals surface area contributed by atoms with Crippen molar-refractivity contribution < 1.29 is 4.79 Å². The van der Waals surface area contributed by atoms with Gasteiger partial charge in [0.1, 0.15) is 0 Å². The number of benzene rings is 1. The van der Waals surface area contributed by atoms with Crippen LogP contribution in [-0.2, 0) is 5.41 Å². The van der Waals surface area contributed by atoms with Crippen LogP contribution in [0.4, 0.5) is 0 Å². The van der Waals surface area contributed by atoms with E-state index < -0.39 is 0 Å². The Morgan fingerprint density at radius 2 is 1.83 bits per heavy atom. The van der Waals surface area contributed by atoms with E-state index in [0.717, 1.165) is 17.7 Å². The number of nitrogens with one attached hydrogen (secondary N) is 1. The summed E-state index contributed by atoms with van der Waals surface area (Å²) >= 11 is 0. The number of hydrogen-bond donors (Lipinski definition) is 1. The second-order valence-corrected chi connectivity index (χ2v) is 8.42. The quantitative estimate of drug-likeness (QED) is 0.790. The molecule has 0 radical (unpaired) electrons. The van der Waals surface area contributed by atoms with Gasteiger partial charge in [0.05, 0.1) is 0 Å². The van der Waals surface area contributed by atoms with E-state index in [0.29, 0.717) is 11.8 Å². The van der Waals surface area contributed by atoms with Gasteiger partial charge < -0.3 is 5.32 Å². The molecule has 1 N–H and O–H groups in total. The summed E-state index contributed by atoms with van der Waals surface area (Å²) in [5, 5.41) is 3.19. The Morgan fingerprint density at radius 3 is 2.39 bits per heavy atom. The highest BCUT2D eigenvalue weighted by molar-refractivity contribution is 5.96. The van der Waals surface area contributed by atoms with Crippen LogP contribution < -0.4 is 5.32 Å². The van der Waals surface area contributed by atoms with E-state index in [4.69, 9.17) is 0 Å². The zero-order valence-electron chi connectivity index (χ0n) is 15.5. The number of carbonyl (C=O) groups excluding carboxylic acids is 1. The molecule has 23 heavy (non-hydrogen) atoms. The molecule has 1 aromatic rings. The van der Waals surface area contributed by atoms with Gasteiger partial charge >= 0.3 is 0 Å². The first-order chi connectivity index (χ1) is 10.8. The molecule has 1 aliphatic carbocycles. The predicted octanol–water partition coefficient (Wildman–Crippen LogP) is 5.42. The molecule has 0 unspecified atom stereocenters. The number of amides is 1. The summed E-state index contributed by atoms with van der Waals surface area (Å²) in [7, 11) is 0. The third kappa shape index (κ3) is 4.83. The predicted molar refractivity (Wildman–Crippen MR) is 98.1 cm³/mol. The van der Waals surface area contributed by atoms with Crippen molar-refractivity contribution in [2.24, 2.45) is 5.92 Å². The van der Waals surface area contributed by atoms with E-state index >= 15 is 0 Å². The minimum atomic E-state index is -0.0254. The standard InChI is InChI=1S/C21H33NO/c1-15(2)17-11-12-18(19(13-17)21(3,4)5)20(23)22-14-16-9-7-6-8-10-16/h11-13,15-16H,6-10,14H2,1-5H3,(H,22,23). The van der Waals surface area contributed by atoms with Crippen LogP contribution >= 0.6 is 0 Å². The van der Waals surface area contributed by atoms with E-state index in [-0.39, 0.29) is 11.3 Å². The van der Waals surface area contributed by atoms with Crippen LogP contribution in [0.25, 0.3) is 0 Å². The zero-order valence-corrected chi connectivity index (χ0v) is 15.5. The van der Waals surface area contributed by atoms with Gasteiger partial charge in [0.15, 0.2) is 0 Å². The van der Waals surface area contributed by atoms with Crippen molar-refractivity contribution in [2.45, 2.75) is 78.1 Å². The highest BCUT2D eigenvalue weighted by Crippen LogP contribution is 2.29. The summed E-state index contributed by atoms with van der Waals surface area (Å²) in [6.45, 7) is 11.8. The summed E-state index contributed by atoms with van der Waals surface area (Å²) in [6.07, 6.45) is 6.51. The van der Waals surface area contributed by atoms with E-state index in [1.54, 1.807) is 0 Å². The van der Waals surface area contributed by atoms with Crippen LogP contribution in [0.2, 0.25) is 0 Å². The highest BCUT2D eigenvalue weighted by Gasteiger charge is 2.23. The molecule has 1 fully saturated rings. The number of carbonyl (C=O) groups is 1. The van der Waals surface area contributed by atoms with Crippen LogP contribution in [0.15, 0.2) is 18.2 Å². The Kier molecular flexibility index (Phi) is 5.89. The molecule has 0 atom stereocenters. The lowest BCUT2D eigenvalue weighted by Gasteiger charge is -2.25. The van der Waals surface area contributed by atoms with Crippen LogP contribution in [0.5, 0.6) is 0 Å². The van der Waals surface area contributed by atoms with Crippen molar-refractivity contribution >= 4 is 5.91 Å². The maximum Gasteiger partial charge on any atom is 0.251 e. The lowest BCUT2D eigenvalue weighted by atomic mass is 9.81. The van der Waals surface area contributed by atoms with Crippen LogP contribution in [-0.4, -0.2) is 12.5 Å². The molecule has 0 heterocycles. The molecule has 0 aliphatic heterocycles. The van der Waals surface area contributed by atoms with Crippen LogP contribution in [0.1, 0.15) is 94.1 Å². The van der Waals surface area contributed by atoms with Crippen molar-refractivity contribution in [3.05, 3.63) is 34.9 Å². The molecular weight excluding hydrogens is 282 g/mol. The zero-order chi connectivity index (χ0) is 17.0. The molecule has 0 bridgehead atoms. The molecule has 1 saturated carbocycles. The topological polar surface area (TPSA) is 29.1 Å². The smallest absolute Gasteiger partial charge is 0.251 e. The fourth-order valence-corrected chi connectivity index (χ4v) is 3.46. The molecule has 1 aliphatic rings. The number of rotatable bonds is 4. The van der Waals surface area contributed by atoms with Gasteiger partial charge in [-0.3, -0.25) is 4.79 Å². The maximum absolute atomic E-state index is 12.7. The highest BCUT2D eigenvalue weighted by atomic mass is 16.1. The van der Waals surface area contributed by atoms with Gasteiger partial charge in [-0.15, -0.1) is 0 Å². The van der Waals surface area contributed by atoms with Crippen molar-refractivity contribution in [3.8, 4) is 0 Å². The second-order valence-electron chi connectivity index (χ2n) is 8.42. The molecule has 128 valence electrons. The summed E-state index contributed by atoms with van der Waals surface area (Å²) in [4.78, 5) is 12.7. The summed E-state index contributed by atoms with van der Waals surface area (Å²) in [6, 6.07) is 6.35. The minimum absolute atomic E-state index is 0.0254. The maximum atomic E-state index is 12.7. The first-order valence-corrected chi connectivity index (χ1v) is 9.21. The SMILES string of the molecule is CC(C)c1ccc(C(=O)NCC2CCCCC2)c(C(C)(C)C)c1.